The molecule has 4 aromatic rings. The van der Waals surface area contributed by atoms with E-state index >= 15 is 0 Å². The molecular weight excluding hydrogens is 435 g/mol. The van der Waals surface area contributed by atoms with Gasteiger partial charge in [-0.3, -0.25) is 4.79 Å². The second-order valence-electron chi connectivity index (χ2n) is 8.53. The number of likely N-dealkylation sites (N-methyl/N-ethyl adjacent to an activating group) is 2. The average Bonchev–Trinajstić information content (AvgIpc) is 3.45. The number of fused-ring (bicyclic) bond motifs is 1. The number of amides is 1. The number of anilines is 2. The Morgan fingerprint density at radius 3 is 2.45 bits per heavy atom. The summed E-state index contributed by atoms with van der Waals surface area (Å²) >= 11 is 1.65. The average molecular weight is 461 g/mol. The standard InChI is InChI=1S/C26H25FN4OS/c1-30-14-13-22(16-30)31(2)26-29-23-12-11-21(15-24(23)33-26)28-25(32)19-5-3-17(4-6-19)18-7-9-20(27)10-8-18/h3-12,15,22H,13-14,16H2,1-2H3,(H,28,32). The van der Waals surface area contributed by atoms with Crippen molar-refractivity contribution in [1.82, 2.24) is 9.88 Å². The SMILES string of the molecule is CN1CCC(N(C)c2nc3ccc(NC(=O)c4ccc(-c5ccc(F)cc5)cc4)cc3s2)C1. The first-order valence-corrected chi connectivity index (χ1v) is 11.8. The van der Waals surface area contributed by atoms with Gasteiger partial charge in [0.05, 0.1) is 10.2 Å². The van der Waals surface area contributed by atoms with Crippen molar-refractivity contribution in [2.45, 2.75) is 12.5 Å². The molecule has 0 saturated carbocycles. The molecule has 168 valence electrons. The minimum Gasteiger partial charge on any atom is -0.347 e. The fraction of sp³-hybridized carbons (Fsp3) is 0.231. The second-order valence-corrected chi connectivity index (χ2v) is 9.54. The van der Waals surface area contributed by atoms with Crippen molar-refractivity contribution < 1.29 is 9.18 Å². The summed E-state index contributed by atoms with van der Waals surface area (Å²) in [5.74, 6) is -0.437. The zero-order valence-electron chi connectivity index (χ0n) is 18.6. The Labute approximate surface area is 196 Å². The lowest BCUT2D eigenvalue weighted by molar-refractivity contribution is 0.102. The Bertz CT molecular complexity index is 1290. The van der Waals surface area contributed by atoms with Crippen LogP contribution < -0.4 is 10.2 Å². The van der Waals surface area contributed by atoms with E-state index < -0.39 is 0 Å². The van der Waals surface area contributed by atoms with Gasteiger partial charge >= 0.3 is 0 Å². The number of hydrogen-bond acceptors (Lipinski definition) is 5. The minimum atomic E-state index is -0.266. The third-order valence-corrected chi connectivity index (χ3v) is 7.28. The highest BCUT2D eigenvalue weighted by molar-refractivity contribution is 7.22. The largest absolute Gasteiger partial charge is 0.347 e. The zero-order chi connectivity index (χ0) is 22.9. The summed E-state index contributed by atoms with van der Waals surface area (Å²) in [5, 5.41) is 3.99. The van der Waals surface area contributed by atoms with Gasteiger partial charge in [-0.2, -0.15) is 0 Å². The number of carbonyl (C=O) groups excluding carboxylic acids is 1. The van der Waals surface area contributed by atoms with Gasteiger partial charge in [0.2, 0.25) is 0 Å². The van der Waals surface area contributed by atoms with E-state index in [9.17, 15) is 9.18 Å². The first-order chi connectivity index (χ1) is 16.0. The van der Waals surface area contributed by atoms with E-state index in [0.29, 0.717) is 11.6 Å². The molecule has 5 nitrogen and oxygen atoms in total. The van der Waals surface area contributed by atoms with Crippen LogP contribution >= 0.6 is 11.3 Å². The number of nitrogens with one attached hydrogen (secondary N) is 1. The van der Waals surface area contributed by atoms with Crippen LogP contribution in [0, 0.1) is 5.82 Å². The molecular formula is C26H25FN4OS. The van der Waals surface area contributed by atoms with Crippen LogP contribution in [0.25, 0.3) is 21.3 Å². The Morgan fingerprint density at radius 2 is 1.79 bits per heavy atom. The van der Waals surface area contributed by atoms with Gasteiger partial charge in [0.25, 0.3) is 5.91 Å². The fourth-order valence-electron chi connectivity index (χ4n) is 4.18. The highest BCUT2D eigenvalue weighted by Crippen LogP contribution is 2.32. The summed E-state index contributed by atoms with van der Waals surface area (Å²) in [6, 6.07) is 19.9. The quantitative estimate of drug-likeness (QED) is 0.428. The zero-order valence-corrected chi connectivity index (χ0v) is 19.4. The molecule has 3 aromatic carbocycles. The number of thiazole rings is 1. The summed E-state index contributed by atoms with van der Waals surface area (Å²) in [6.45, 7) is 2.16. The predicted molar refractivity (Wildman–Crippen MR) is 134 cm³/mol. The monoisotopic (exact) mass is 460 g/mol. The normalized spacial score (nSPS) is 16.3. The van der Waals surface area contributed by atoms with Crippen LogP contribution in [0.5, 0.6) is 0 Å². The molecule has 33 heavy (non-hydrogen) atoms. The smallest absolute Gasteiger partial charge is 0.255 e. The van der Waals surface area contributed by atoms with E-state index in [1.165, 1.54) is 12.1 Å². The van der Waals surface area contributed by atoms with Crippen LogP contribution in [0.2, 0.25) is 0 Å². The fourth-order valence-corrected chi connectivity index (χ4v) is 5.22. The first kappa shape index (κ1) is 21.6. The summed E-state index contributed by atoms with van der Waals surface area (Å²) < 4.78 is 14.2. The number of carbonyl (C=O) groups is 1. The molecule has 1 fully saturated rings. The van der Waals surface area contributed by atoms with Gasteiger partial charge in [-0.15, -0.1) is 0 Å². The van der Waals surface area contributed by atoms with Gasteiger partial charge in [0.1, 0.15) is 5.82 Å². The van der Waals surface area contributed by atoms with Gasteiger partial charge < -0.3 is 15.1 Å². The molecule has 0 aliphatic carbocycles. The maximum Gasteiger partial charge on any atom is 0.255 e. The molecule has 1 amide bonds. The summed E-state index contributed by atoms with van der Waals surface area (Å²) in [6.07, 6.45) is 1.14. The molecule has 1 atom stereocenters. The third kappa shape index (κ3) is 4.60. The third-order valence-electron chi connectivity index (χ3n) is 6.18. The Balaban J connectivity index is 1.29. The topological polar surface area (TPSA) is 48.5 Å². The van der Waals surface area contributed by atoms with Crippen molar-refractivity contribution in [3.63, 3.8) is 0 Å². The maximum absolute atomic E-state index is 13.1. The maximum atomic E-state index is 13.1. The van der Waals surface area contributed by atoms with Gasteiger partial charge in [0, 0.05) is 30.9 Å². The molecule has 1 aliphatic rings. The summed E-state index contributed by atoms with van der Waals surface area (Å²) in [7, 11) is 4.26. The van der Waals surface area contributed by atoms with E-state index in [-0.39, 0.29) is 11.7 Å². The number of rotatable bonds is 5. The molecule has 1 aliphatic heterocycles. The molecule has 2 heterocycles. The predicted octanol–water partition coefficient (Wildman–Crippen LogP) is 5.50. The number of likely N-dealkylation sites (tertiary alicyclic amines) is 1. The molecule has 0 spiro atoms. The van der Waals surface area contributed by atoms with Crippen LogP contribution in [0.1, 0.15) is 16.8 Å². The number of halogens is 1. The molecule has 7 heteroatoms. The van der Waals surface area contributed by atoms with Crippen molar-refractivity contribution >= 4 is 38.3 Å². The number of benzene rings is 3. The highest BCUT2D eigenvalue weighted by Gasteiger charge is 2.25. The van der Waals surface area contributed by atoms with E-state index in [2.05, 4.69) is 29.2 Å². The van der Waals surface area contributed by atoms with E-state index in [1.54, 1.807) is 35.6 Å². The highest BCUT2D eigenvalue weighted by atomic mass is 32.1. The van der Waals surface area contributed by atoms with Crippen LogP contribution in [-0.4, -0.2) is 49.0 Å². The number of aromatic nitrogens is 1. The molecule has 1 aromatic heterocycles. The Hall–Kier alpha value is -3.29. The second kappa shape index (κ2) is 8.92. The molecule has 0 radical (unpaired) electrons. The van der Waals surface area contributed by atoms with Crippen molar-refractivity contribution in [2.75, 3.05) is 37.4 Å². The summed E-state index contributed by atoms with van der Waals surface area (Å²) in [4.78, 5) is 22.2. The molecule has 1 unspecified atom stereocenters. The minimum absolute atomic E-state index is 0.171. The van der Waals surface area contributed by atoms with Crippen molar-refractivity contribution in [3.05, 3.63) is 78.1 Å². The van der Waals surface area contributed by atoms with Gasteiger partial charge in [-0.25, -0.2) is 9.37 Å². The van der Waals surface area contributed by atoms with Gasteiger partial charge in [0.15, 0.2) is 5.13 Å². The Kier molecular flexibility index (Phi) is 5.83. The molecule has 1 saturated heterocycles. The van der Waals surface area contributed by atoms with E-state index in [4.69, 9.17) is 4.98 Å². The van der Waals surface area contributed by atoms with Crippen LogP contribution in [0.4, 0.5) is 15.2 Å². The molecule has 5 rings (SSSR count). The van der Waals surface area contributed by atoms with Gasteiger partial charge in [-0.1, -0.05) is 35.6 Å². The van der Waals surface area contributed by atoms with E-state index in [0.717, 1.165) is 51.7 Å². The number of nitrogens with zero attached hydrogens (tertiary/aromatic N) is 3. The lowest BCUT2D eigenvalue weighted by Crippen LogP contribution is -2.33. The number of hydrogen-bond donors (Lipinski definition) is 1. The Morgan fingerprint density at radius 1 is 1.09 bits per heavy atom. The van der Waals surface area contributed by atoms with Crippen molar-refractivity contribution in [3.8, 4) is 11.1 Å². The van der Waals surface area contributed by atoms with Crippen LogP contribution in [-0.2, 0) is 0 Å². The van der Waals surface area contributed by atoms with Crippen LogP contribution in [0.3, 0.4) is 0 Å². The van der Waals surface area contributed by atoms with Crippen molar-refractivity contribution in [2.24, 2.45) is 0 Å². The van der Waals surface area contributed by atoms with Gasteiger partial charge in [-0.05, 0) is 73.6 Å². The molecule has 1 N–H and O–H groups in total. The van der Waals surface area contributed by atoms with Crippen LogP contribution in [0.15, 0.2) is 66.7 Å². The molecule has 0 bridgehead atoms. The summed E-state index contributed by atoms with van der Waals surface area (Å²) in [5.41, 5.74) is 4.09. The lowest BCUT2D eigenvalue weighted by atomic mass is 10.0. The first-order valence-electron chi connectivity index (χ1n) is 11.0. The lowest BCUT2D eigenvalue weighted by Gasteiger charge is -2.23. The van der Waals surface area contributed by atoms with Crippen molar-refractivity contribution in [1.29, 1.82) is 0 Å². The van der Waals surface area contributed by atoms with E-state index in [1.807, 2.05) is 30.3 Å².